The van der Waals surface area contributed by atoms with Crippen LogP contribution in [0.5, 0.6) is 0 Å². The third-order valence-electron chi connectivity index (χ3n) is 6.97. The monoisotopic (exact) mass is 512 g/mol. The van der Waals surface area contributed by atoms with Crippen molar-refractivity contribution in [2.24, 2.45) is 5.92 Å². The van der Waals surface area contributed by atoms with E-state index in [2.05, 4.69) is 22.2 Å². The van der Waals surface area contributed by atoms with Crippen LogP contribution in [0.25, 0.3) is 10.2 Å². The van der Waals surface area contributed by atoms with Crippen LogP contribution in [-0.4, -0.2) is 47.5 Å². The number of amides is 1. The Labute approximate surface area is 212 Å². The number of carbonyl (C=O) groups is 1. The third-order valence-corrected chi connectivity index (χ3v) is 8.08. The van der Waals surface area contributed by atoms with Crippen molar-refractivity contribution >= 4 is 39.0 Å². The molecule has 36 heavy (non-hydrogen) atoms. The number of aryl methyl sites for hydroxylation is 2. The lowest BCUT2D eigenvalue weighted by Gasteiger charge is -2.26. The number of allylic oxidation sites excluding steroid dienone is 1. The van der Waals surface area contributed by atoms with Crippen molar-refractivity contribution in [1.29, 1.82) is 0 Å². The molecule has 0 spiro atoms. The van der Waals surface area contributed by atoms with Gasteiger partial charge in [-0.2, -0.15) is 0 Å². The summed E-state index contributed by atoms with van der Waals surface area (Å²) in [6, 6.07) is 7.30. The zero-order valence-corrected chi connectivity index (χ0v) is 21.2. The quantitative estimate of drug-likeness (QED) is 0.461. The van der Waals surface area contributed by atoms with Crippen molar-refractivity contribution in [2.75, 3.05) is 23.7 Å². The number of pyridine rings is 2. The van der Waals surface area contributed by atoms with E-state index in [-0.39, 0.29) is 24.5 Å². The maximum absolute atomic E-state index is 13.6. The molecule has 3 aromatic rings. The summed E-state index contributed by atoms with van der Waals surface area (Å²) in [6.07, 6.45) is -0.299. The van der Waals surface area contributed by atoms with Crippen LogP contribution in [0.4, 0.5) is 20.3 Å². The molecule has 3 aromatic heterocycles. The van der Waals surface area contributed by atoms with E-state index >= 15 is 0 Å². The van der Waals surface area contributed by atoms with Crippen LogP contribution in [0.15, 0.2) is 36.5 Å². The highest BCUT2D eigenvalue weighted by atomic mass is 32.1. The highest BCUT2D eigenvalue weighted by Gasteiger charge is 2.39. The Morgan fingerprint density at radius 2 is 2.03 bits per heavy atom. The van der Waals surface area contributed by atoms with E-state index in [0.717, 1.165) is 33.6 Å². The Kier molecular flexibility index (Phi) is 6.55. The molecule has 5 rings (SSSR count). The topological polar surface area (TPSA) is 96.2 Å². The van der Waals surface area contributed by atoms with Crippen LogP contribution in [0.3, 0.4) is 0 Å². The number of hydrogen-bond acceptors (Lipinski definition) is 7. The number of alkyl halides is 2. The first kappa shape index (κ1) is 24.4. The highest BCUT2D eigenvalue weighted by molar-refractivity contribution is 7.21. The van der Waals surface area contributed by atoms with Gasteiger partial charge < -0.3 is 21.3 Å². The molecule has 4 N–H and O–H groups in total. The van der Waals surface area contributed by atoms with E-state index < -0.39 is 12.3 Å². The lowest BCUT2D eigenvalue weighted by atomic mass is 9.91. The summed E-state index contributed by atoms with van der Waals surface area (Å²) in [4.78, 5) is 25.5. The van der Waals surface area contributed by atoms with Crippen LogP contribution in [0.2, 0.25) is 0 Å². The maximum Gasteiger partial charge on any atom is 0.263 e. The zero-order chi connectivity index (χ0) is 25.6. The van der Waals surface area contributed by atoms with E-state index in [4.69, 9.17) is 10.7 Å². The lowest BCUT2D eigenvalue weighted by molar-refractivity contribution is 0.0757. The molecule has 0 unspecified atom stereocenters. The van der Waals surface area contributed by atoms with Crippen molar-refractivity contribution in [3.63, 3.8) is 0 Å². The lowest BCUT2D eigenvalue weighted by Crippen LogP contribution is -2.39. The van der Waals surface area contributed by atoms with Crippen molar-refractivity contribution in [1.82, 2.24) is 20.6 Å². The molecule has 0 aromatic carbocycles. The largest absolute Gasteiger partial charge is 0.397 e. The standard InChI is InChI=1S/C26H30F2N6OS/c1-13(2)30-20-12-34(11-18(20)24(27)28)21-9-5-15-10-16(6-8-19(15)33-21)32-25(35)23-22(29)17-7-4-14(3)31-26(17)36-23/h4-5,7,9,16,18,20,24,30H,1,6,8,10-12,29H2,2-3H3,(H,32,35)/t16-,18+,20+/m0/s1. The third kappa shape index (κ3) is 4.74. The molecule has 1 amide bonds. The smallest absolute Gasteiger partial charge is 0.263 e. The van der Waals surface area contributed by atoms with E-state index in [0.29, 0.717) is 41.5 Å². The number of carbonyl (C=O) groups excluding carboxylic acids is 1. The van der Waals surface area contributed by atoms with Gasteiger partial charge >= 0.3 is 0 Å². The second-order valence-corrected chi connectivity index (χ2v) is 10.8. The molecule has 7 nitrogen and oxygen atoms in total. The van der Waals surface area contributed by atoms with Crippen molar-refractivity contribution < 1.29 is 13.6 Å². The van der Waals surface area contributed by atoms with Gasteiger partial charge in [0, 0.05) is 41.6 Å². The Morgan fingerprint density at radius 1 is 1.22 bits per heavy atom. The van der Waals surface area contributed by atoms with Crippen molar-refractivity contribution in [3.05, 3.63) is 58.4 Å². The van der Waals surface area contributed by atoms with Gasteiger partial charge in [0.05, 0.1) is 17.6 Å². The minimum Gasteiger partial charge on any atom is -0.397 e. The fourth-order valence-electron chi connectivity index (χ4n) is 5.15. The number of rotatable bonds is 6. The number of fused-ring (bicyclic) bond motifs is 2. The summed E-state index contributed by atoms with van der Waals surface area (Å²) in [5.41, 5.74) is 10.3. The van der Waals surface area contributed by atoms with Crippen LogP contribution >= 0.6 is 11.3 Å². The minimum atomic E-state index is -2.41. The predicted molar refractivity (Wildman–Crippen MR) is 140 cm³/mol. The van der Waals surface area contributed by atoms with Gasteiger partial charge in [-0.3, -0.25) is 4.79 Å². The van der Waals surface area contributed by atoms with Gasteiger partial charge in [0.25, 0.3) is 5.91 Å². The molecule has 0 radical (unpaired) electrons. The van der Waals surface area contributed by atoms with E-state index in [9.17, 15) is 13.6 Å². The van der Waals surface area contributed by atoms with E-state index in [1.165, 1.54) is 11.3 Å². The SMILES string of the molecule is C=C(C)N[C@@H]1CN(c2ccc3c(n2)CC[C@H](NC(=O)c2sc4nc(C)ccc4c2N)C3)C[C@H]1C(F)F. The molecular formula is C26H30F2N6OS. The number of halogens is 2. The van der Waals surface area contributed by atoms with Gasteiger partial charge in [0.2, 0.25) is 6.43 Å². The zero-order valence-electron chi connectivity index (χ0n) is 20.4. The molecule has 1 saturated heterocycles. The fourth-order valence-corrected chi connectivity index (χ4v) is 6.19. The van der Waals surface area contributed by atoms with Gasteiger partial charge in [0.15, 0.2) is 0 Å². The summed E-state index contributed by atoms with van der Waals surface area (Å²) < 4.78 is 27.2. The van der Waals surface area contributed by atoms with Gasteiger partial charge in [-0.15, -0.1) is 11.3 Å². The summed E-state index contributed by atoms with van der Waals surface area (Å²) in [7, 11) is 0. The molecule has 4 heterocycles. The predicted octanol–water partition coefficient (Wildman–Crippen LogP) is 4.06. The molecule has 1 aliphatic carbocycles. The fraction of sp³-hybridized carbons (Fsp3) is 0.423. The molecule has 0 bridgehead atoms. The summed E-state index contributed by atoms with van der Waals surface area (Å²) in [5, 5.41) is 7.03. The van der Waals surface area contributed by atoms with Crippen LogP contribution in [0.1, 0.15) is 40.0 Å². The number of nitrogens with zero attached hydrogens (tertiary/aromatic N) is 3. The number of hydrogen-bond donors (Lipinski definition) is 3. The molecule has 190 valence electrons. The number of nitrogens with one attached hydrogen (secondary N) is 2. The number of nitrogens with two attached hydrogens (primary N) is 1. The average molecular weight is 513 g/mol. The Balaban J connectivity index is 1.27. The molecular weight excluding hydrogens is 482 g/mol. The second-order valence-electron chi connectivity index (χ2n) is 9.77. The van der Waals surface area contributed by atoms with Crippen LogP contribution < -0.4 is 21.3 Å². The van der Waals surface area contributed by atoms with Crippen molar-refractivity contribution in [2.45, 2.75) is 51.6 Å². The van der Waals surface area contributed by atoms with Crippen molar-refractivity contribution in [3.8, 4) is 0 Å². The summed E-state index contributed by atoms with van der Waals surface area (Å²) in [6.45, 7) is 8.20. The molecule has 2 aliphatic rings. The molecule has 10 heteroatoms. The number of anilines is 2. The number of aromatic nitrogens is 2. The summed E-state index contributed by atoms with van der Waals surface area (Å²) >= 11 is 1.31. The molecule has 0 saturated carbocycles. The van der Waals surface area contributed by atoms with Crippen LogP contribution in [-0.2, 0) is 12.8 Å². The second kappa shape index (κ2) is 9.65. The maximum atomic E-state index is 13.6. The molecule has 3 atom stereocenters. The number of nitrogen functional groups attached to an aromatic ring is 1. The Morgan fingerprint density at radius 3 is 2.78 bits per heavy atom. The highest BCUT2D eigenvalue weighted by Crippen LogP contribution is 2.33. The van der Waals surface area contributed by atoms with E-state index in [1.807, 2.05) is 36.1 Å². The Bertz CT molecular complexity index is 1330. The average Bonchev–Trinajstić information content (AvgIpc) is 3.39. The first-order chi connectivity index (χ1) is 17.2. The van der Waals surface area contributed by atoms with Gasteiger partial charge in [-0.1, -0.05) is 12.6 Å². The molecule has 1 aliphatic heterocycles. The van der Waals surface area contributed by atoms with Gasteiger partial charge in [0.1, 0.15) is 15.5 Å². The van der Waals surface area contributed by atoms with Gasteiger partial charge in [-0.25, -0.2) is 18.7 Å². The number of thiophene rings is 1. The van der Waals surface area contributed by atoms with Gasteiger partial charge in [-0.05, 0) is 56.9 Å². The minimum absolute atomic E-state index is 0.0314. The molecule has 1 fully saturated rings. The normalized spacial score (nSPS) is 21.6. The summed E-state index contributed by atoms with van der Waals surface area (Å²) in [5.74, 6) is -0.245. The first-order valence-electron chi connectivity index (χ1n) is 12.1. The first-order valence-corrected chi connectivity index (χ1v) is 12.9. The van der Waals surface area contributed by atoms with E-state index in [1.54, 1.807) is 6.92 Å². The Hall–Kier alpha value is -3.27. The van der Waals surface area contributed by atoms with Crippen LogP contribution in [0, 0.1) is 12.8 Å².